The molecular formula is C8H6NSV-. The van der Waals surface area contributed by atoms with Crippen LogP contribution in [0.2, 0.25) is 0 Å². The van der Waals surface area contributed by atoms with Gasteiger partial charge < -0.3 is 4.98 Å². The van der Waals surface area contributed by atoms with Crippen molar-refractivity contribution in [1.82, 2.24) is 4.98 Å². The quantitative estimate of drug-likeness (QED) is 0.593. The predicted molar refractivity (Wildman–Crippen MR) is 43.2 cm³/mol. The molecule has 2 aromatic rings. The molecule has 0 unspecified atom stereocenters. The molecule has 0 aliphatic carbocycles. The number of fused-ring (bicyclic) bond motifs is 1. The number of nitrogens with zero attached hydrogens (tertiary/aromatic N) is 1. The van der Waals surface area contributed by atoms with Crippen LogP contribution in [-0.4, -0.2) is 4.98 Å². The van der Waals surface area contributed by atoms with E-state index in [2.05, 4.69) is 11.1 Å². The molecule has 11 heavy (non-hydrogen) atoms. The van der Waals surface area contributed by atoms with E-state index in [1.165, 1.54) is 4.70 Å². The summed E-state index contributed by atoms with van der Waals surface area (Å²) in [7, 11) is 0. The zero-order valence-corrected chi connectivity index (χ0v) is 8.25. The average Bonchev–Trinajstić information content (AvgIpc) is 2.36. The van der Waals surface area contributed by atoms with Crippen LogP contribution in [0.3, 0.4) is 0 Å². The average molecular weight is 199 g/mol. The first-order valence-electron chi connectivity index (χ1n) is 3.08. The molecule has 0 fully saturated rings. The molecule has 1 nitrogen and oxygen atoms in total. The van der Waals surface area contributed by atoms with Gasteiger partial charge >= 0.3 is 0 Å². The van der Waals surface area contributed by atoms with Crippen LogP contribution in [0.4, 0.5) is 0 Å². The standard InChI is InChI=1S/C8H6NS.V/c1-6-3-2-4-7-8(6)9-5-10-7;/h2,4-5H,1H3;/q-1;. The molecule has 55 valence electrons. The van der Waals surface area contributed by atoms with Gasteiger partial charge in [-0.15, -0.1) is 5.56 Å². The van der Waals surface area contributed by atoms with E-state index in [0.29, 0.717) is 0 Å². The van der Waals surface area contributed by atoms with Crippen LogP contribution in [0, 0.1) is 13.0 Å². The molecule has 1 aromatic carbocycles. The van der Waals surface area contributed by atoms with Gasteiger partial charge in [0.25, 0.3) is 0 Å². The smallest absolute Gasteiger partial charge is 0.0635 e. The fourth-order valence-corrected chi connectivity index (χ4v) is 1.70. The maximum atomic E-state index is 4.21. The Hall–Kier alpha value is -0.306. The summed E-state index contributed by atoms with van der Waals surface area (Å²) in [6.07, 6.45) is 0. The molecular weight excluding hydrogens is 193 g/mol. The van der Waals surface area contributed by atoms with Gasteiger partial charge in [0.05, 0.1) is 5.51 Å². The van der Waals surface area contributed by atoms with Gasteiger partial charge in [-0.25, -0.2) is 0 Å². The van der Waals surface area contributed by atoms with Crippen LogP contribution in [0.5, 0.6) is 0 Å². The molecule has 0 atom stereocenters. The van der Waals surface area contributed by atoms with Crippen molar-refractivity contribution in [1.29, 1.82) is 0 Å². The second kappa shape index (κ2) is 3.39. The zero-order valence-electron chi connectivity index (χ0n) is 6.03. The topological polar surface area (TPSA) is 12.9 Å². The summed E-state index contributed by atoms with van der Waals surface area (Å²) >= 11 is 1.67. The molecule has 0 saturated carbocycles. The molecule has 2 rings (SSSR count). The Balaban J connectivity index is 0.000000605. The van der Waals surface area contributed by atoms with Crippen LogP contribution in [0.1, 0.15) is 5.56 Å². The third-order valence-electron chi connectivity index (χ3n) is 1.48. The van der Waals surface area contributed by atoms with E-state index >= 15 is 0 Å². The number of rotatable bonds is 0. The van der Waals surface area contributed by atoms with Crippen molar-refractivity contribution < 1.29 is 18.6 Å². The second-order valence-electron chi connectivity index (χ2n) is 2.17. The molecule has 0 aliphatic rings. The van der Waals surface area contributed by atoms with E-state index < -0.39 is 0 Å². The van der Waals surface area contributed by atoms with E-state index in [9.17, 15) is 0 Å². The maximum Gasteiger partial charge on any atom is 0.0635 e. The van der Waals surface area contributed by atoms with Crippen molar-refractivity contribution in [3.63, 3.8) is 0 Å². The first kappa shape index (κ1) is 8.79. The number of aryl methyl sites for hydroxylation is 1. The number of thiazole rings is 1. The minimum Gasteiger partial charge on any atom is -0.309 e. The fourth-order valence-electron chi connectivity index (χ4n) is 0.966. The zero-order chi connectivity index (χ0) is 6.97. The number of benzene rings is 1. The molecule has 0 aliphatic heterocycles. The van der Waals surface area contributed by atoms with E-state index in [1.807, 2.05) is 24.6 Å². The van der Waals surface area contributed by atoms with E-state index in [4.69, 9.17) is 0 Å². The number of hydrogen-bond donors (Lipinski definition) is 0. The van der Waals surface area contributed by atoms with Crippen LogP contribution < -0.4 is 0 Å². The van der Waals surface area contributed by atoms with E-state index in [-0.39, 0.29) is 18.6 Å². The van der Waals surface area contributed by atoms with Crippen LogP contribution in [0.15, 0.2) is 17.6 Å². The van der Waals surface area contributed by atoms with Gasteiger partial charge in [0.2, 0.25) is 0 Å². The minimum absolute atomic E-state index is 0. The van der Waals surface area contributed by atoms with Gasteiger partial charge in [-0.2, -0.15) is 29.5 Å². The van der Waals surface area contributed by atoms with E-state index in [0.717, 1.165) is 11.1 Å². The molecule has 0 N–H and O–H groups in total. The van der Waals surface area contributed by atoms with Gasteiger partial charge in [-0.3, -0.25) is 0 Å². The predicted octanol–water partition coefficient (Wildman–Crippen LogP) is 2.40. The van der Waals surface area contributed by atoms with Crippen LogP contribution >= 0.6 is 11.3 Å². The molecule has 1 aromatic heterocycles. The summed E-state index contributed by atoms with van der Waals surface area (Å²) in [4.78, 5) is 4.21. The van der Waals surface area contributed by atoms with Gasteiger partial charge in [0, 0.05) is 18.6 Å². The van der Waals surface area contributed by atoms with Crippen molar-refractivity contribution in [3.05, 3.63) is 29.3 Å². The van der Waals surface area contributed by atoms with Crippen LogP contribution in [0.25, 0.3) is 10.2 Å². The largest absolute Gasteiger partial charge is 0.309 e. The normalized spacial score (nSPS) is 9.55. The van der Waals surface area contributed by atoms with Crippen molar-refractivity contribution in [2.75, 3.05) is 0 Å². The Morgan fingerprint density at radius 2 is 2.36 bits per heavy atom. The minimum atomic E-state index is 0. The molecule has 0 bridgehead atoms. The molecule has 1 radical (unpaired) electrons. The van der Waals surface area contributed by atoms with Gasteiger partial charge in [0.1, 0.15) is 0 Å². The Morgan fingerprint density at radius 1 is 1.55 bits per heavy atom. The molecule has 0 amide bonds. The van der Waals surface area contributed by atoms with Crippen molar-refractivity contribution >= 4 is 21.6 Å². The summed E-state index contributed by atoms with van der Waals surface area (Å²) in [5.74, 6) is 0. The summed E-state index contributed by atoms with van der Waals surface area (Å²) < 4.78 is 1.25. The van der Waals surface area contributed by atoms with Crippen molar-refractivity contribution in [2.45, 2.75) is 6.92 Å². The number of aromatic nitrogens is 1. The Bertz CT molecular complexity index is 356. The number of hydrogen-bond acceptors (Lipinski definition) is 2. The van der Waals surface area contributed by atoms with Crippen molar-refractivity contribution in [2.24, 2.45) is 0 Å². The summed E-state index contributed by atoms with van der Waals surface area (Å²) in [6, 6.07) is 7.09. The van der Waals surface area contributed by atoms with Crippen LogP contribution in [-0.2, 0) is 18.6 Å². The van der Waals surface area contributed by atoms with Crippen molar-refractivity contribution in [3.8, 4) is 0 Å². The van der Waals surface area contributed by atoms with E-state index in [1.54, 1.807) is 11.3 Å². The van der Waals surface area contributed by atoms with Gasteiger partial charge in [-0.1, -0.05) is 11.6 Å². The second-order valence-corrected chi connectivity index (χ2v) is 3.05. The maximum absolute atomic E-state index is 4.21. The monoisotopic (exact) mass is 199 g/mol. The molecule has 1 heterocycles. The SMILES string of the molecule is Cc1[c-]ccc2scnc12.[V]. The Morgan fingerprint density at radius 3 is 3.09 bits per heavy atom. The Kier molecular flexibility index (Phi) is 2.71. The third kappa shape index (κ3) is 1.48. The molecule has 0 spiro atoms. The Labute approximate surface area is 81.3 Å². The first-order chi connectivity index (χ1) is 4.88. The van der Waals surface area contributed by atoms with Gasteiger partial charge in [-0.05, 0) is 5.52 Å². The van der Waals surface area contributed by atoms with Gasteiger partial charge in [0.15, 0.2) is 0 Å². The molecule has 0 saturated heterocycles. The summed E-state index contributed by atoms with van der Waals surface area (Å²) in [5.41, 5.74) is 4.09. The molecule has 3 heteroatoms. The first-order valence-corrected chi connectivity index (χ1v) is 3.96. The summed E-state index contributed by atoms with van der Waals surface area (Å²) in [6.45, 7) is 2.03. The third-order valence-corrected chi connectivity index (χ3v) is 2.28. The fraction of sp³-hybridized carbons (Fsp3) is 0.125. The summed E-state index contributed by atoms with van der Waals surface area (Å²) in [5, 5.41) is 0.